The summed E-state index contributed by atoms with van der Waals surface area (Å²) in [6.07, 6.45) is 7.42. The Labute approximate surface area is 127 Å². The molecule has 1 aliphatic rings. The molecule has 21 heavy (non-hydrogen) atoms. The average molecular weight is 290 g/mol. The standard InChI is InChI=1S/C17H26N2O2/c1-3-5-12-20-17-11-10-14-15(18-17)8-7-9-16(14)19-21-13-6-4-2/h10-11H,3-9,12-13H2,1-2H3/b19-16-. The number of oxime groups is 1. The van der Waals surface area contributed by atoms with Crippen molar-refractivity contribution in [1.29, 1.82) is 0 Å². The molecule has 0 radical (unpaired) electrons. The Hall–Kier alpha value is -1.58. The van der Waals surface area contributed by atoms with Crippen molar-refractivity contribution in [2.45, 2.75) is 58.8 Å². The highest BCUT2D eigenvalue weighted by atomic mass is 16.6. The lowest BCUT2D eigenvalue weighted by atomic mass is 9.94. The van der Waals surface area contributed by atoms with Crippen LogP contribution in [0.4, 0.5) is 0 Å². The Balaban J connectivity index is 2.02. The van der Waals surface area contributed by atoms with Gasteiger partial charge in [0, 0.05) is 11.6 Å². The van der Waals surface area contributed by atoms with Crippen LogP contribution in [0.25, 0.3) is 0 Å². The summed E-state index contributed by atoms with van der Waals surface area (Å²) in [6, 6.07) is 4.02. The molecule has 1 heterocycles. The van der Waals surface area contributed by atoms with Gasteiger partial charge in [0.05, 0.1) is 18.0 Å². The number of pyridine rings is 1. The smallest absolute Gasteiger partial charge is 0.213 e. The van der Waals surface area contributed by atoms with E-state index < -0.39 is 0 Å². The molecule has 4 heteroatoms. The third-order valence-corrected chi connectivity index (χ3v) is 3.60. The molecule has 0 unspecified atom stereocenters. The third kappa shape index (κ3) is 4.73. The average Bonchev–Trinajstić information content (AvgIpc) is 2.52. The summed E-state index contributed by atoms with van der Waals surface area (Å²) < 4.78 is 5.68. The molecular weight excluding hydrogens is 264 g/mol. The number of rotatable bonds is 8. The number of ether oxygens (including phenoxy) is 1. The second-order valence-corrected chi connectivity index (χ2v) is 5.42. The zero-order chi connectivity index (χ0) is 14.9. The number of hydrogen-bond donors (Lipinski definition) is 0. The maximum atomic E-state index is 5.68. The first kappa shape index (κ1) is 15.8. The van der Waals surface area contributed by atoms with Gasteiger partial charge in [0.25, 0.3) is 0 Å². The van der Waals surface area contributed by atoms with Crippen molar-refractivity contribution >= 4 is 5.71 Å². The highest BCUT2D eigenvalue weighted by Crippen LogP contribution is 2.23. The van der Waals surface area contributed by atoms with E-state index in [4.69, 9.17) is 9.57 Å². The predicted octanol–water partition coefficient (Wildman–Crippen LogP) is 4.12. The molecule has 0 fully saturated rings. The molecule has 4 nitrogen and oxygen atoms in total. The van der Waals surface area contributed by atoms with Crippen molar-refractivity contribution in [3.05, 3.63) is 23.4 Å². The minimum Gasteiger partial charge on any atom is -0.478 e. The van der Waals surface area contributed by atoms with Crippen molar-refractivity contribution in [1.82, 2.24) is 4.98 Å². The van der Waals surface area contributed by atoms with Crippen LogP contribution in [0.1, 0.15) is 63.6 Å². The molecule has 116 valence electrons. The zero-order valence-corrected chi connectivity index (χ0v) is 13.2. The second kappa shape index (κ2) is 8.65. The molecule has 0 atom stereocenters. The van der Waals surface area contributed by atoms with Gasteiger partial charge < -0.3 is 9.57 Å². The summed E-state index contributed by atoms with van der Waals surface area (Å²) in [5, 5.41) is 4.30. The van der Waals surface area contributed by atoms with E-state index in [-0.39, 0.29) is 0 Å². The van der Waals surface area contributed by atoms with Gasteiger partial charge >= 0.3 is 0 Å². The van der Waals surface area contributed by atoms with Gasteiger partial charge in [-0.15, -0.1) is 0 Å². The molecule has 0 saturated heterocycles. The van der Waals surface area contributed by atoms with Crippen molar-refractivity contribution in [2.75, 3.05) is 13.2 Å². The highest BCUT2D eigenvalue weighted by Gasteiger charge is 2.18. The molecule has 0 bridgehead atoms. The second-order valence-electron chi connectivity index (χ2n) is 5.42. The van der Waals surface area contributed by atoms with E-state index in [1.54, 1.807) is 0 Å². The van der Waals surface area contributed by atoms with Crippen LogP contribution in [-0.4, -0.2) is 23.9 Å². The van der Waals surface area contributed by atoms with Gasteiger partial charge in [-0.1, -0.05) is 31.8 Å². The molecule has 0 saturated carbocycles. The molecule has 2 rings (SSSR count). The monoisotopic (exact) mass is 290 g/mol. The van der Waals surface area contributed by atoms with Crippen molar-refractivity contribution in [2.24, 2.45) is 5.16 Å². The van der Waals surface area contributed by atoms with Crippen LogP contribution >= 0.6 is 0 Å². The molecular formula is C17H26N2O2. The van der Waals surface area contributed by atoms with Gasteiger partial charge in [-0.2, -0.15) is 0 Å². The van der Waals surface area contributed by atoms with Crippen LogP contribution in [0.2, 0.25) is 0 Å². The minimum atomic E-state index is 0.695. The lowest BCUT2D eigenvalue weighted by Crippen LogP contribution is -2.15. The fourth-order valence-corrected chi connectivity index (χ4v) is 2.32. The van der Waals surface area contributed by atoms with Gasteiger partial charge in [-0.05, 0) is 38.2 Å². The third-order valence-electron chi connectivity index (χ3n) is 3.60. The van der Waals surface area contributed by atoms with Crippen LogP contribution in [0.15, 0.2) is 17.3 Å². The Kier molecular flexibility index (Phi) is 6.51. The molecule has 0 amide bonds. The Morgan fingerprint density at radius 2 is 1.90 bits per heavy atom. The lowest BCUT2D eigenvalue weighted by Gasteiger charge is -2.17. The first-order valence-corrected chi connectivity index (χ1v) is 8.17. The number of fused-ring (bicyclic) bond motifs is 1. The summed E-state index contributed by atoms with van der Waals surface area (Å²) in [6.45, 7) is 5.74. The van der Waals surface area contributed by atoms with Gasteiger partial charge in [0.2, 0.25) is 5.88 Å². The van der Waals surface area contributed by atoms with Gasteiger partial charge in [0.1, 0.15) is 6.61 Å². The maximum absolute atomic E-state index is 5.68. The number of nitrogens with zero attached hydrogens (tertiary/aromatic N) is 2. The largest absolute Gasteiger partial charge is 0.478 e. The minimum absolute atomic E-state index is 0.695. The summed E-state index contributed by atoms with van der Waals surface area (Å²) in [5.41, 5.74) is 3.24. The summed E-state index contributed by atoms with van der Waals surface area (Å²) in [7, 11) is 0. The normalized spacial score (nSPS) is 15.8. The maximum Gasteiger partial charge on any atom is 0.213 e. The quantitative estimate of drug-likeness (QED) is 0.534. The van der Waals surface area contributed by atoms with E-state index in [0.29, 0.717) is 6.61 Å². The van der Waals surface area contributed by atoms with Gasteiger partial charge in [-0.25, -0.2) is 4.98 Å². The van der Waals surface area contributed by atoms with Crippen molar-refractivity contribution in [3.63, 3.8) is 0 Å². The highest BCUT2D eigenvalue weighted by molar-refractivity contribution is 6.02. The Morgan fingerprint density at radius 1 is 1.10 bits per heavy atom. The van der Waals surface area contributed by atoms with Crippen LogP contribution in [-0.2, 0) is 11.3 Å². The lowest BCUT2D eigenvalue weighted by molar-refractivity contribution is 0.140. The van der Waals surface area contributed by atoms with E-state index in [0.717, 1.165) is 74.4 Å². The van der Waals surface area contributed by atoms with E-state index in [2.05, 4.69) is 30.1 Å². The topological polar surface area (TPSA) is 43.7 Å². The number of hydrogen-bond acceptors (Lipinski definition) is 4. The fraction of sp³-hybridized carbons (Fsp3) is 0.647. The first-order valence-electron chi connectivity index (χ1n) is 8.17. The number of aryl methyl sites for hydroxylation is 1. The van der Waals surface area contributed by atoms with Crippen molar-refractivity contribution in [3.8, 4) is 5.88 Å². The summed E-state index contributed by atoms with van der Waals surface area (Å²) in [5.74, 6) is 0.732. The van der Waals surface area contributed by atoms with Crippen LogP contribution < -0.4 is 4.74 Å². The van der Waals surface area contributed by atoms with Gasteiger partial charge in [0.15, 0.2) is 0 Å². The van der Waals surface area contributed by atoms with E-state index in [9.17, 15) is 0 Å². The number of unbranched alkanes of at least 4 members (excludes halogenated alkanes) is 2. The molecule has 1 aliphatic carbocycles. The van der Waals surface area contributed by atoms with Crippen LogP contribution in [0.5, 0.6) is 5.88 Å². The molecule has 0 N–H and O–H groups in total. The molecule has 1 aromatic rings. The summed E-state index contributed by atoms with van der Waals surface area (Å²) >= 11 is 0. The first-order chi connectivity index (χ1) is 10.3. The van der Waals surface area contributed by atoms with Gasteiger partial charge in [-0.3, -0.25) is 0 Å². The molecule has 0 spiro atoms. The Bertz CT molecular complexity index is 472. The van der Waals surface area contributed by atoms with E-state index in [1.165, 1.54) is 0 Å². The predicted molar refractivity (Wildman–Crippen MR) is 85.0 cm³/mol. The van der Waals surface area contributed by atoms with E-state index >= 15 is 0 Å². The molecule has 0 aromatic carbocycles. The van der Waals surface area contributed by atoms with Crippen LogP contribution in [0.3, 0.4) is 0 Å². The SMILES string of the molecule is CCCCO/N=C1/CCCc2nc(OCCCC)ccc21. The van der Waals surface area contributed by atoms with E-state index in [1.807, 2.05) is 6.07 Å². The molecule has 1 aromatic heterocycles. The number of aromatic nitrogens is 1. The van der Waals surface area contributed by atoms with Crippen molar-refractivity contribution < 1.29 is 9.57 Å². The fourth-order valence-electron chi connectivity index (χ4n) is 2.32. The summed E-state index contributed by atoms with van der Waals surface area (Å²) in [4.78, 5) is 10.0. The zero-order valence-electron chi connectivity index (χ0n) is 13.2. The van der Waals surface area contributed by atoms with Crippen LogP contribution in [0, 0.1) is 0 Å². The molecule has 0 aliphatic heterocycles. The Morgan fingerprint density at radius 3 is 2.71 bits per heavy atom.